The Balaban J connectivity index is 1.43. The third-order valence-corrected chi connectivity index (χ3v) is 7.77. The van der Waals surface area contributed by atoms with Crippen molar-refractivity contribution in [3.05, 3.63) is 93.9 Å². The molecule has 4 aromatic rings. The Bertz CT molecular complexity index is 1570. The van der Waals surface area contributed by atoms with Crippen LogP contribution in [0, 0.1) is 26.6 Å². The number of aliphatic carboxylic acids is 1. The number of para-hydroxylation sites is 1. The molecular weight excluding hydrogens is 483 g/mol. The van der Waals surface area contributed by atoms with Crippen LogP contribution in [0.5, 0.6) is 5.75 Å². The van der Waals surface area contributed by atoms with Crippen molar-refractivity contribution in [2.75, 3.05) is 18.1 Å². The largest absolute Gasteiger partial charge is 0.491 e. The van der Waals surface area contributed by atoms with E-state index in [9.17, 15) is 19.1 Å². The molecule has 3 aromatic carbocycles. The number of halogens is 1. The van der Waals surface area contributed by atoms with Crippen molar-refractivity contribution in [3.63, 3.8) is 0 Å². The van der Waals surface area contributed by atoms with Crippen LogP contribution in [-0.4, -0.2) is 40.7 Å². The van der Waals surface area contributed by atoms with Gasteiger partial charge in [0.1, 0.15) is 18.2 Å². The third kappa shape index (κ3) is 4.32. The van der Waals surface area contributed by atoms with E-state index in [1.54, 1.807) is 13.0 Å². The van der Waals surface area contributed by atoms with Crippen LogP contribution in [-0.2, 0) is 17.6 Å². The molecule has 6 nitrogen and oxygen atoms in total. The predicted octanol–water partition coefficient (Wildman–Crippen LogP) is 5.85. The van der Waals surface area contributed by atoms with Gasteiger partial charge in [-0.3, -0.25) is 14.2 Å². The van der Waals surface area contributed by atoms with Crippen molar-refractivity contribution in [1.29, 1.82) is 0 Å². The number of rotatable bonds is 7. The molecule has 1 aliphatic heterocycles. The van der Waals surface area contributed by atoms with E-state index in [0.717, 1.165) is 29.8 Å². The molecule has 5 rings (SSSR count). The first-order valence-corrected chi connectivity index (χ1v) is 12.8. The monoisotopic (exact) mass is 514 g/mol. The number of carboxylic acids is 1. The van der Waals surface area contributed by atoms with Gasteiger partial charge in [0.25, 0.3) is 5.91 Å². The first-order valence-electron chi connectivity index (χ1n) is 12.8. The second-order valence-corrected chi connectivity index (χ2v) is 9.88. The Morgan fingerprint density at radius 2 is 1.82 bits per heavy atom. The lowest BCUT2D eigenvalue weighted by Crippen LogP contribution is -2.36. The lowest BCUT2D eigenvalue weighted by atomic mass is 10.0. The van der Waals surface area contributed by atoms with E-state index >= 15 is 0 Å². The molecule has 0 saturated heterocycles. The molecule has 0 fully saturated rings. The highest BCUT2D eigenvalue weighted by molar-refractivity contribution is 6.05. The Morgan fingerprint density at radius 3 is 2.55 bits per heavy atom. The van der Waals surface area contributed by atoms with Crippen molar-refractivity contribution in [2.24, 2.45) is 0 Å². The number of hydrogen-bond donors (Lipinski definition) is 1. The highest BCUT2D eigenvalue weighted by atomic mass is 19.1. The molecule has 38 heavy (non-hydrogen) atoms. The standard InChI is InChI=1S/C31H31FN2O4/c1-5-33-23(14-21-8-6-7-9-27(21)33)17-38-29-13-11-24(18(2)19(29)3)31(37)34-20(4)25(16-30(35)36)26-15-22(32)10-12-28(26)34/h6-13,15,23H,5,14,16-17H2,1-4H3,(H,35,36)/t23-/m1/s1. The van der Waals surface area contributed by atoms with Gasteiger partial charge in [0.2, 0.25) is 0 Å². The minimum Gasteiger partial charge on any atom is -0.491 e. The molecule has 2 heterocycles. The van der Waals surface area contributed by atoms with Crippen LogP contribution in [0.25, 0.3) is 10.9 Å². The Labute approximate surface area is 221 Å². The Morgan fingerprint density at radius 1 is 1.05 bits per heavy atom. The van der Waals surface area contributed by atoms with Crippen molar-refractivity contribution in [3.8, 4) is 5.75 Å². The van der Waals surface area contributed by atoms with Crippen LogP contribution in [0.2, 0.25) is 0 Å². The number of carbonyl (C=O) groups excluding carboxylic acids is 1. The van der Waals surface area contributed by atoms with E-state index < -0.39 is 11.8 Å². The number of likely N-dealkylation sites (N-methyl/N-ethyl adjacent to an activating group) is 1. The fourth-order valence-corrected chi connectivity index (χ4v) is 5.68. The number of benzene rings is 3. The van der Waals surface area contributed by atoms with E-state index in [4.69, 9.17) is 4.74 Å². The summed E-state index contributed by atoms with van der Waals surface area (Å²) in [7, 11) is 0. The molecule has 1 N–H and O–H groups in total. The Hall–Kier alpha value is -4.13. The summed E-state index contributed by atoms with van der Waals surface area (Å²) in [6, 6.07) is 16.4. The van der Waals surface area contributed by atoms with E-state index in [2.05, 4.69) is 36.1 Å². The van der Waals surface area contributed by atoms with E-state index in [0.29, 0.717) is 34.3 Å². The predicted molar refractivity (Wildman–Crippen MR) is 146 cm³/mol. The van der Waals surface area contributed by atoms with Gasteiger partial charge in [0.15, 0.2) is 0 Å². The summed E-state index contributed by atoms with van der Waals surface area (Å²) < 4.78 is 21.8. The first kappa shape index (κ1) is 25.5. The SMILES string of the molecule is CCN1c2ccccc2C[C@@H]1COc1ccc(C(=O)n2c(C)c(CC(=O)O)c3cc(F)ccc32)c(C)c1C. The van der Waals surface area contributed by atoms with Gasteiger partial charge in [-0.2, -0.15) is 0 Å². The van der Waals surface area contributed by atoms with Gasteiger partial charge in [-0.05, 0) is 92.8 Å². The summed E-state index contributed by atoms with van der Waals surface area (Å²) in [5, 5.41) is 9.84. The van der Waals surface area contributed by atoms with Crippen LogP contribution >= 0.6 is 0 Å². The van der Waals surface area contributed by atoms with Crippen LogP contribution in [0.3, 0.4) is 0 Å². The summed E-state index contributed by atoms with van der Waals surface area (Å²) in [4.78, 5) is 27.7. The maximum absolute atomic E-state index is 14.0. The maximum atomic E-state index is 14.0. The summed E-state index contributed by atoms with van der Waals surface area (Å²) in [6.45, 7) is 9.10. The number of nitrogens with zero attached hydrogens (tertiary/aromatic N) is 2. The fourth-order valence-electron chi connectivity index (χ4n) is 5.68. The quantitative estimate of drug-likeness (QED) is 0.335. The second kappa shape index (κ2) is 9.97. The number of hydrogen-bond acceptors (Lipinski definition) is 4. The van der Waals surface area contributed by atoms with E-state index in [1.807, 2.05) is 19.9 Å². The van der Waals surface area contributed by atoms with Crippen molar-refractivity contribution >= 4 is 28.5 Å². The molecule has 0 aliphatic carbocycles. The molecule has 196 valence electrons. The van der Waals surface area contributed by atoms with Crippen LogP contribution in [0.4, 0.5) is 10.1 Å². The van der Waals surface area contributed by atoms with E-state index in [1.165, 1.54) is 34.0 Å². The Kier molecular flexibility index (Phi) is 6.69. The molecule has 0 radical (unpaired) electrons. The minimum atomic E-state index is -1.04. The fraction of sp³-hybridized carbons (Fsp3) is 0.290. The van der Waals surface area contributed by atoms with Gasteiger partial charge in [-0.1, -0.05) is 18.2 Å². The molecule has 0 amide bonds. The number of aromatic nitrogens is 1. The lowest BCUT2D eigenvalue weighted by molar-refractivity contribution is -0.136. The average Bonchev–Trinajstić information content (AvgIpc) is 3.38. The van der Waals surface area contributed by atoms with Gasteiger partial charge >= 0.3 is 5.97 Å². The number of carboxylic acid groups (broad SMARTS) is 1. The minimum absolute atomic E-state index is 0.236. The van der Waals surface area contributed by atoms with Crippen molar-refractivity contribution < 1.29 is 23.8 Å². The number of carbonyl (C=O) groups is 2. The molecule has 0 spiro atoms. The first-order chi connectivity index (χ1) is 18.2. The van der Waals surface area contributed by atoms with Gasteiger partial charge in [0.05, 0.1) is 18.0 Å². The van der Waals surface area contributed by atoms with E-state index in [-0.39, 0.29) is 18.4 Å². The zero-order valence-electron chi connectivity index (χ0n) is 22.0. The van der Waals surface area contributed by atoms with Gasteiger partial charge in [0, 0.05) is 28.9 Å². The van der Waals surface area contributed by atoms with Gasteiger partial charge in [-0.25, -0.2) is 4.39 Å². The molecule has 1 aliphatic rings. The van der Waals surface area contributed by atoms with Crippen molar-refractivity contribution in [2.45, 2.75) is 46.6 Å². The van der Waals surface area contributed by atoms with Crippen LogP contribution < -0.4 is 9.64 Å². The van der Waals surface area contributed by atoms with Gasteiger partial charge < -0.3 is 14.7 Å². The summed E-state index contributed by atoms with van der Waals surface area (Å²) in [6.07, 6.45) is 0.633. The average molecular weight is 515 g/mol. The highest BCUT2D eigenvalue weighted by Gasteiger charge is 2.29. The molecule has 7 heteroatoms. The van der Waals surface area contributed by atoms with Crippen molar-refractivity contribution in [1.82, 2.24) is 4.57 Å². The number of anilines is 1. The topological polar surface area (TPSA) is 71.8 Å². The lowest BCUT2D eigenvalue weighted by Gasteiger charge is -2.26. The van der Waals surface area contributed by atoms with Gasteiger partial charge in [-0.15, -0.1) is 0 Å². The maximum Gasteiger partial charge on any atom is 0.307 e. The molecular formula is C31H31FN2O4. The summed E-state index contributed by atoms with van der Waals surface area (Å²) >= 11 is 0. The summed E-state index contributed by atoms with van der Waals surface area (Å²) in [5.74, 6) is -1.07. The van der Waals surface area contributed by atoms with Crippen LogP contribution in [0.15, 0.2) is 54.6 Å². The number of ether oxygens (including phenoxy) is 1. The zero-order chi connectivity index (χ0) is 27.1. The molecule has 0 unspecified atom stereocenters. The second-order valence-electron chi connectivity index (χ2n) is 9.88. The van der Waals surface area contributed by atoms with Crippen LogP contribution in [0.1, 0.15) is 45.2 Å². The summed E-state index contributed by atoms with van der Waals surface area (Å²) in [5.41, 5.74) is 6.16. The molecule has 1 aromatic heterocycles. The molecule has 1 atom stereocenters. The molecule has 0 saturated carbocycles. The highest BCUT2D eigenvalue weighted by Crippen LogP contribution is 2.34. The zero-order valence-corrected chi connectivity index (χ0v) is 22.0. The third-order valence-electron chi connectivity index (χ3n) is 7.77. The number of fused-ring (bicyclic) bond motifs is 2. The molecule has 0 bridgehead atoms. The normalized spacial score (nSPS) is 14.7. The smallest absolute Gasteiger partial charge is 0.307 e.